The third-order valence-electron chi connectivity index (χ3n) is 5.38. The third-order valence-corrected chi connectivity index (χ3v) is 6.58. The van der Waals surface area contributed by atoms with E-state index >= 15 is 0 Å². The van der Waals surface area contributed by atoms with Crippen LogP contribution in [0, 0.1) is 16.5 Å². The lowest BCUT2D eigenvalue weighted by molar-refractivity contribution is -0.465. The molecular weight excluding hydrogens is 490 g/mol. The van der Waals surface area contributed by atoms with Crippen molar-refractivity contribution in [3.8, 4) is 11.8 Å². The average molecular weight is 501 g/mol. The Labute approximate surface area is 194 Å². The van der Waals surface area contributed by atoms with Crippen LogP contribution in [0.2, 0.25) is 15.1 Å². The van der Waals surface area contributed by atoms with Crippen molar-refractivity contribution >= 4 is 40.5 Å². The zero-order valence-corrected chi connectivity index (χ0v) is 18.1. The van der Waals surface area contributed by atoms with Crippen LogP contribution >= 0.6 is 34.8 Å². The zero-order valence-electron chi connectivity index (χ0n) is 15.9. The molecule has 1 aliphatic heterocycles. The van der Waals surface area contributed by atoms with E-state index in [1.54, 1.807) is 0 Å². The van der Waals surface area contributed by atoms with Gasteiger partial charge in [-0.25, -0.2) is 14.4 Å². The highest BCUT2D eigenvalue weighted by atomic mass is 35.5. The lowest BCUT2D eigenvalue weighted by Crippen LogP contribution is -2.45. The Morgan fingerprint density at radius 2 is 1.84 bits per heavy atom. The fourth-order valence-electron chi connectivity index (χ4n) is 3.73. The largest absolute Gasteiger partial charge is 0.624 e. The Morgan fingerprint density at radius 1 is 1.16 bits per heavy atom. The Hall–Kier alpha value is -2.80. The summed E-state index contributed by atoms with van der Waals surface area (Å²) >= 11 is 17.8. The summed E-state index contributed by atoms with van der Waals surface area (Å²) in [6.07, 6.45) is -2.81. The van der Waals surface area contributed by atoms with Gasteiger partial charge in [0.15, 0.2) is 17.7 Å². The summed E-state index contributed by atoms with van der Waals surface area (Å²) in [4.78, 5) is 3.81. The molecule has 0 bridgehead atoms. The molecule has 2 aromatic carbocycles. The normalized spacial score (nSPS) is 18.8. The second kappa shape index (κ2) is 7.96. The predicted octanol–water partition coefficient (Wildman–Crippen LogP) is 5.30. The zero-order chi connectivity index (χ0) is 23.3. The first-order valence-electron chi connectivity index (χ1n) is 8.99. The van der Waals surface area contributed by atoms with Gasteiger partial charge in [0.2, 0.25) is 0 Å². The molecule has 1 aliphatic rings. The maximum absolute atomic E-state index is 14.4. The molecule has 1 aromatic heterocycles. The van der Waals surface area contributed by atoms with Crippen LogP contribution in [0.4, 0.5) is 13.2 Å². The van der Waals surface area contributed by atoms with Gasteiger partial charge >= 0.3 is 6.18 Å². The van der Waals surface area contributed by atoms with Crippen molar-refractivity contribution in [1.82, 2.24) is 14.8 Å². The van der Waals surface area contributed by atoms with Crippen molar-refractivity contribution in [1.29, 1.82) is 5.26 Å². The summed E-state index contributed by atoms with van der Waals surface area (Å²) in [6.45, 7) is -0.896. The van der Waals surface area contributed by atoms with Gasteiger partial charge in [-0.15, -0.1) is 0 Å². The summed E-state index contributed by atoms with van der Waals surface area (Å²) in [5.41, 5.74) is -2.25. The number of aromatic nitrogens is 3. The van der Waals surface area contributed by atoms with Crippen molar-refractivity contribution in [3.05, 3.63) is 80.0 Å². The number of nitrogens with zero attached hydrogens (tertiary/aromatic N) is 5. The first kappa shape index (κ1) is 22.4. The number of hydrogen-bond donors (Lipinski definition) is 0. The van der Waals surface area contributed by atoms with E-state index in [1.165, 1.54) is 35.5 Å². The van der Waals surface area contributed by atoms with Crippen LogP contribution in [0.1, 0.15) is 23.1 Å². The molecule has 12 heteroatoms. The molecule has 1 atom stereocenters. The summed E-state index contributed by atoms with van der Waals surface area (Å²) in [6, 6.07) is 8.44. The Balaban J connectivity index is 1.80. The number of nitriles is 1. The average Bonchev–Trinajstić information content (AvgIpc) is 3.39. The minimum atomic E-state index is -4.80. The highest BCUT2D eigenvalue weighted by Gasteiger charge is 2.63. The Morgan fingerprint density at radius 3 is 2.41 bits per heavy atom. The molecule has 1 unspecified atom stereocenters. The lowest BCUT2D eigenvalue weighted by atomic mass is 9.76. The molecule has 0 saturated carbocycles. The summed E-state index contributed by atoms with van der Waals surface area (Å²) in [5.74, 6) is 0. The number of hydrogen-bond acceptors (Lipinski definition) is 4. The Bertz CT molecular complexity index is 1260. The molecule has 164 valence electrons. The molecule has 0 amide bonds. The van der Waals surface area contributed by atoms with Crippen LogP contribution in [0.15, 0.2) is 43.0 Å². The van der Waals surface area contributed by atoms with Crippen molar-refractivity contribution in [3.63, 3.8) is 0 Å². The standard InChI is InChI=1S/C20H11Cl3F3N5O/c21-14-4-13(5-15(22)18(14)23)19(20(24,25)26)6-17(31(32)8-19)11-1-2-16(12(3-11)7-27)30-10-28-9-29-30/h1-5,9-10H,6,8H2. The summed E-state index contributed by atoms with van der Waals surface area (Å²) in [5, 5.41) is 25.8. The van der Waals surface area contributed by atoms with Crippen molar-refractivity contribution in [2.45, 2.75) is 18.0 Å². The van der Waals surface area contributed by atoms with Crippen LogP contribution in [-0.2, 0) is 5.41 Å². The van der Waals surface area contributed by atoms with Gasteiger partial charge in [0.25, 0.3) is 0 Å². The minimum absolute atomic E-state index is 0.0713. The molecule has 0 fully saturated rings. The van der Waals surface area contributed by atoms with Crippen molar-refractivity contribution in [2.75, 3.05) is 6.54 Å². The summed E-state index contributed by atoms with van der Waals surface area (Å²) in [7, 11) is 0. The number of hydroxylamine groups is 1. The van der Waals surface area contributed by atoms with Gasteiger partial charge < -0.3 is 5.21 Å². The molecule has 0 N–H and O–H groups in total. The highest BCUT2D eigenvalue weighted by Crippen LogP contribution is 2.49. The molecule has 3 aromatic rings. The van der Waals surface area contributed by atoms with Crippen LogP contribution in [0.5, 0.6) is 0 Å². The van der Waals surface area contributed by atoms with E-state index in [2.05, 4.69) is 10.1 Å². The van der Waals surface area contributed by atoms with E-state index in [0.717, 1.165) is 12.1 Å². The monoisotopic (exact) mass is 499 g/mol. The fraction of sp³-hybridized carbons (Fsp3) is 0.200. The number of alkyl halides is 3. The van der Waals surface area contributed by atoms with Gasteiger partial charge in [0.05, 0.1) is 32.7 Å². The minimum Gasteiger partial charge on any atom is -0.624 e. The molecule has 6 nitrogen and oxygen atoms in total. The highest BCUT2D eigenvalue weighted by molar-refractivity contribution is 6.48. The van der Waals surface area contributed by atoms with E-state index in [4.69, 9.17) is 34.8 Å². The second-order valence-corrected chi connectivity index (χ2v) is 8.37. The number of halogens is 6. The molecule has 0 spiro atoms. The molecule has 0 radical (unpaired) electrons. The van der Waals surface area contributed by atoms with Gasteiger partial charge in [0, 0.05) is 5.56 Å². The van der Waals surface area contributed by atoms with Gasteiger partial charge in [-0.1, -0.05) is 34.8 Å². The SMILES string of the molecule is N#Cc1cc(C2=[N+]([O-])CC(c3cc(Cl)c(Cl)c(Cl)c3)(C(F)(F)F)C2)ccc1-n1cncn1. The van der Waals surface area contributed by atoms with Crippen molar-refractivity contribution < 1.29 is 17.9 Å². The van der Waals surface area contributed by atoms with Gasteiger partial charge in [-0.2, -0.15) is 23.5 Å². The van der Waals surface area contributed by atoms with E-state index in [9.17, 15) is 23.6 Å². The lowest BCUT2D eigenvalue weighted by Gasteiger charge is -2.29. The molecule has 0 saturated heterocycles. The quantitative estimate of drug-likeness (QED) is 0.278. The maximum Gasteiger partial charge on any atom is 0.405 e. The van der Waals surface area contributed by atoms with Crippen molar-refractivity contribution in [2.24, 2.45) is 0 Å². The molecular formula is C20H11Cl3F3N5O. The fourth-order valence-corrected chi connectivity index (χ4v) is 4.33. The topological polar surface area (TPSA) is 80.6 Å². The maximum atomic E-state index is 14.4. The van der Waals surface area contributed by atoms with Gasteiger partial charge in [-0.05, 0) is 35.9 Å². The molecule has 0 aliphatic carbocycles. The first-order valence-corrected chi connectivity index (χ1v) is 10.1. The van der Waals surface area contributed by atoms with E-state index in [1.807, 2.05) is 6.07 Å². The molecule has 4 rings (SSSR count). The van der Waals surface area contributed by atoms with Gasteiger partial charge in [-0.3, -0.25) is 0 Å². The Kier molecular flexibility index (Phi) is 5.57. The van der Waals surface area contributed by atoms with Crippen LogP contribution in [-0.4, -0.2) is 37.9 Å². The van der Waals surface area contributed by atoms with E-state index in [0.29, 0.717) is 5.69 Å². The van der Waals surface area contributed by atoms with Crippen LogP contribution < -0.4 is 0 Å². The predicted molar refractivity (Wildman–Crippen MR) is 112 cm³/mol. The number of benzene rings is 2. The van der Waals surface area contributed by atoms with E-state index < -0.39 is 24.6 Å². The third kappa shape index (κ3) is 3.58. The number of rotatable bonds is 3. The van der Waals surface area contributed by atoms with E-state index in [-0.39, 0.29) is 42.2 Å². The van der Waals surface area contributed by atoms with Crippen LogP contribution in [0.25, 0.3) is 5.69 Å². The smallest absolute Gasteiger partial charge is 0.405 e. The summed E-state index contributed by atoms with van der Waals surface area (Å²) < 4.78 is 44.7. The van der Waals surface area contributed by atoms with Crippen LogP contribution in [0.3, 0.4) is 0 Å². The second-order valence-electron chi connectivity index (χ2n) is 7.18. The molecule has 32 heavy (non-hydrogen) atoms. The first-order chi connectivity index (χ1) is 15.1. The molecule has 2 heterocycles. The van der Waals surface area contributed by atoms with Gasteiger partial charge in [0.1, 0.15) is 18.7 Å².